The number of para-hydroxylation sites is 1. The third kappa shape index (κ3) is 3.42. The average Bonchev–Trinajstić information content (AvgIpc) is 3.01. The number of benzene rings is 2. The molecule has 0 spiro atoms. The molecule has 0 saturated carbocycles. The van der Waals surface area contributed by atoms with Gasteiger partial charge in [-0.1, -0.05) is 18.2 Å². The lowest BCUT2D eigenvalue weighted by molar-refractivity contribution is -0.131. The number of thioether (sulfide) groups is 1. The van der Waals surface area contributed by atoms with Gasteiger partial charge in [0.25, 0.3) is 0 Å². The fraction of sp³-hybridized carbons (Fsp3) is 0.250. The number of hydrogen-bond acceptors (Lipinski definition) is 2. The van der Waals surface area contributed by atoms with Crippen LogP contribution in [-0.4, -0.2) is 28.1 Å². The van der Waals surface area contributed by atoms with Gasteiger partial charge in [0, 0.05) is 58.7 Å². The zero-order chi connectivity index (χ0) is 17.2. The quantitative estimate of drug-likeness (QED) is 0.706. The number of fused-ring (bicyclic) bond motifs is 3. The van der Waals surface area contributed by atoms with Gasteiger partial charge in [-0.05, 0) is 30.3 Å². The van der Waals surface area contributed by atoms with E-state index in [0.29, 0.717) is 18.7 Å². The van der Waals surface area contributed by atoms with Crippen molar-refractivity contribution in [1.82, 2.24) is 9.88 Å². The smallest absolute Gasteiger partial charge is 0.223 e. The molecule has 3 nitrogen and oxygen atoms in total. The fourth-order valence-electron chi connectivity index (χ4n) is 3.32. The first-order chi connectivity index (χ1) is 12.2. The van der Waals surface area contributed by atoms with Gasteiger partial charge in [0.15, 0.2) is 0 Å². The first kappa shape index (κ1) is 16.2. The topological polar surface area (TPSA) is 36.1 Å². The number of nitrogens with one attached hydrogen (secondary N) is 1. The molecule has 2 heterocycles. The summed E-state index contributed by atoms with van der Waals surface area (Å²) in [7, 11) is 0. The van der Waals surface area contributed by atoms with Gasteiger partial charge in [-0.15, -0.1) is 11.8 Å². The van der Waals surface area contributed by atoms with E-state index >= 15 is 0 Å². The minimum Gasteiger partial charge on any atom is -0.358 e. The lowest BCUT2D eigenvalue weighted by Crippen LogP contribution is -2.35. The first-order valence-electron chi connectivity index (χ1n) is 8.45. The second-order valence-electron chi connectivity index (χ2n) is 6.25. The summed E-state index contributed by atoms with van der Waals surface area (Å²) in [6, 6.07) is 14.7. The van der Waals surface area contributed by atoms with Gasteiger partial charge in [-0.25, -0.2) is 4.39 Å². The highest BCUT2D eigenvalue weighted by atomic mass is 32.2. The highest BCUT2D eigenvalue weighted by Crippen LogP contribution is 2.28. The molecule has 0 saturated heterocycles. The van der Waals surface area contributed by atoms with Crippen LogP contribution in [0.15, 0.2) is 53.4 Å². The number of halogens is 1. The van der Waals surface area contributed by atoms with Gasteiger partial charge in [-0.2, -0.15) is 0 Å². The Morgan fingerprint density at radius 2 is 1.96 bits per heavy atom. The van der Waals surface area contributed by atoms with Gasteiger partial charge in [-0.3, -0.25) is 4.79 Å². The van der Waals surface area contributed by atoms with Crippen molar-refractivity contribution in [2.45, 2.75) is 24.3 Å². The van der Waals surface area contributed by atoms with Crippen molar-refractivity contribution < 1.29 is 9.18 Å². The number of rotatable bonds is 4. The summed E-state index contributed by atoms with van der Waals surface area (Å²) < 4.78 is 12.9. The predicted molar refractivity (Wildman–Crippen MR) is 99.2 cm³/mol. The molecule has 0 bridgehead atoms. The number of H-pyrrole nitrogens is 1. The second-order valence-corrected chi connectivity index (χ2v) is 7.41. The standard InChI is InChI=1S/C20H19FN2OS/c21-14-5-7-15(8-6-14)25-12-10-20(24)23-11-9-19-17(13-23)16-3-1-2-4-18(16)22-19/h1-8,22H,9-13H2. The zero-order valence-electron chi connectivity index (χ0n) is 13.8. The van der Waals surface area contributed by atoms with Crippen LogP contribution in [-0.2, 0) is 17.8 Å². The van der Waals surface area contributed by atoms with Crippen molar-refractivity contribution >= 4 is 28.6 Å². The van der Waals surface area contributed by atoms with E-state index in [1.807, 2.05) is 17.0 Å². The van der Waals surface area contributed by atoms with E-state index in [0.717, 1.165) is 23.4 Å². The van der Waals surface area contributed by atoms with Crippen molar-refractivity contribution in [3.05, 3.63) is 65.6 Å². The lowest BCUT2D eigenvalue weighted by atomic mass is 10.0. The molecule has 3 aromatic rings. The Labute approximate surface area is 150 Å². The van der Waals surface area contributed by atoms with E-state index in [1.165, 1.54) is 28.8 Å². The molecule has 4 rings (SSSR count). The van der Waals surface area contributed by atoms with Crippen molar-refractivity contribution in [3.8, 4) is 0 Å². The predicted octanol–water partition coefficient (Wildman–Crippen LogP) is 4.37. The highest BCUT2D eigenvalue weighted by Gasteiger charge is 2.23. The number of nitrogens with zero attached hydrogens (tertiary/aromatic N) is 1. The maximum absolute atomic E-state index is 12.9. The average molecular weight is 354 g/mol. The van der Waals surface area contributed by atoms with Crippen LogP contribution in [0.1, 0.15) is 17.7 Å². The van der Waals surface area contributed by atoms with E-state index in [4.69, 9.17) is 0 Å². The number of aromatic amines is 1. The molecule has 1 amide bonds. The van der Waals surface area contributed by atoms with Crippen LogP contribution >= 0.6 is 11.8 Å². The van der Waals surface area contributed by atoms with Gasteiger partial charge in [0.2, 0.25) is 5.91 Å². The summed E-state index contributed by atoms with van der Waals surface area (Å²) in [4.78, 5) is 19.0. The second kappa shape index (κ2) is 6.92. The summed E-state index contributed by atoms with van der Waals surface area (Å²) in [5, 5.41) is 1.22. The van der Waals surface area contributed by atoms with Crippen LogP contribution in [0.2, 0.25) is 0 Å². The number of hydrogen-bond donors (Lipinski definition) is 1. The fourth-order valence-corrected chi connectivity index (χ4v) is 4.17. The Balaban J connectivity index is 1.37. The third-order valence-corrected chi connectivity index (χ3v) is 5.65. The molecule has 0 unspecified atom stereocenters. The molecule has 25 heavy (non-hydrogen) atoms. The van der Waals surface area contributed by atoms with E-state index in [1.54, 1.807) is 23.9 Å². The maximum atomic E-state index is 12.9. The molecule has 0 aliphatic carbocycles. The molecule has 1 N–H and O–H groups in total. The van der Waals surface area contributed by atoms with Crippen molar-refractivity contribution in [3.63, 3.8) is 0 Å². The van der Waals surface area contributed by atoms with E-state index in [-0.39, 0.29) is 11.7 Å². The molecule has 0 atom stereocenters. The van der Waals surface area contributed by atoms with Crippen LogP contribution in [0.25, 0.3) is 10.9 Å². The molecule has 0 fully saturated rings. The van der Waals surface area contributed by atoms with Gasteiger partial charge < -0.3 is 9.88 Å². The highest BCUT2D eigenvalue weighted by molar-refractivity contribution is 7.99. The Morgan fingerprint density at radius 1 is 1.16 bits per heavy atom. The van der Waals surface area contributed by atoms with E-state index < -0.39 is 0 Å². The number of carbonyl (C=O) groups is 1. The maximum Gasteiger partial charge on any atom is 0.223 e. The van der Waals surface area contributed by atoms with Crippen LogP contribution in [0.3, 0.4) is 0 Å². The first-order valence-corrected chi connectivity index (χ1v) is 9.44. The van der Waals surface area contributed by atoms with Gasteiger partial charge >= 0.3 is 0 Å². The zero-order valence-corrected chi connectivity index (χ0v) is 14.6. The summed E-state index contributed by atoms with van der Waals surface area (Å²) in [6.07, 6.45) is 1.38. The molecule has 2 aromatic carbocycles. The summed E-state index contributed by atoms with van der Waals surface area (Å²) in [6.45, 7) is 1.44. The SMILES string of the molecule is O=C(CCSc1ccc(F)cc1)N1CCc2[nH]c3ccccc3c2C1. The number of aromatic nitrogens is 1. The molecule has 0 radical (unpaired) electrons. The Hall–Kier alpha value is -2.27. The van der Waals surface area contributed by atoms with Crippen LogP contribution in [0, 0.1) is 5.82 Å². The van der Waals surface area contributed by atoms with Crippen LogP contribution in [0.5, 0.6) is 0 Å². The molecular weight excluding hydrogens is 335 g/mol. The van der Waals surface area contributed by atoms with Crippen molar-refractivity contribution in [2.75, 3.05) is 12.3 Å². The van der Waals surface area contributed by atoms with E-state index in [2.05, 4.69) is 17.1 Å². The molecule has 1 aromatic heterocycles. The lowest BCUT2D eigenvalue weighted by Gasteiger charge is -2.27. The Kier molecular flexibility index (Phi) is 4.49. The number of carbonyl (C=O) groups excluding carboxylic acids is 1. The van der Waals surface area contributed by atoms with Crippen LogP contribution < -0.4 is 0 Å². The Morgan fingerprint density at radius 3 is 2.80 bits per heavy atom. The monoisotopic (exact) mass is 354 g/mol. The summed E-state index contributed by atoms with van der Waals surface area (Å²) >= 11 is 1.59. The molecule has 1 aliphatic heterocycles. The molecular formula is C20H19FN2OS. The molecule has 1 aliphatic rings. The molecule has 5 heteroatoms. The molecule has 128 valence electrons. The largest absolute Gasteiger partial charge is 0.358 e. The normalized spacial score (nSPS) is 13.9. The number of amides is 1. The summed E-state index contributed by atoms with van der Waals surface area (Å²) in [5.74, 6) is 0.663. The third-order valence-electron chi connectivity index (χ3n) is 4.63. The Bertz CT molecular complexity index is 904. The van der Waals surface area contributed by atoms with Gasteiger partial charge in [0.05, 0.1) is 0 Å². The summed E-state index contributed by atoms with van der Waals surface area (Å²) in [5.41, 5.74) is 3.65. The minimum atomic E-state index is -0.233. The van der Waals surface area contributed by atoms with E-state index in [9.17, 15) is 9.18 Å². The van der Waals surface area contributed by atoms with Gasteiger partial charge in [0.1, 0.15) is 5.82 Å². The van der Waals surface area contributed by atoms with Crippen LogP contribution in [0.4, 0.5) is 4.39 Å². The minimum absolute atomic E-state index is 0.186. The van der Waals surface area contributed by atoms with Crippen molar-refractivity contribution in [1.29, 1.82) is 0 Å². The van der Waals surface area contributed by atoms with Crippen molar-refractivity contribution in [2.24, 2.45) is 0 Å².